The van der Waals surface area contributed by atoms with Gasteiger partial charge >= 0.3 is 5.69 Å². The van der Waals surface area contributed by atoms with E-state index in [1.807, 2.05) is 0 Å². The first kappa shape index (κ1) is 10.0. The van der Waals surface area contributed by atoms with Gasteiger partial charge in [-0.15, -0.1) is 5.10 Å². The lowest BCUT2D eigenvalue weighted by atomic mass is 10.3. The molecule has 0 aliphatic rings. The molecule has 7 nitrogen and oxygen atoms in total. The van der Waals surface area contributed by atoms with E-state index >= 15 is 0 Å². The fraction of sp³-hybridized carbons (Fsp3) is 0. The fourth-order valence-corrected chi connectivity index (χ4v) is 1.19. The van der Waals surface area contributed by atoms with Crippen LogP contribution in [0.25, 0.3) is 5.69 Å². The monoisotopic (exact) mass is 223 g/mol. The number of nitrogens with two attached hydrogens (primary N) is 1. The van der Waals surface area contributed by atoms with Crippen molar-refractivity contribution in [2.45, 2.75) is 0 Å². The molecule has 0 aliphatic carbocycles. The second-order valence-electron chi connectivity index (χ2n) is 2.98. The van der Waals surface area contributed by atoms with E-state index in [2.05, 4.69) is 10.3 Å². The molecule has 2 rings (SSSR count). The molecule has 0 aliphatic heterocycles. The second kappa shape index (κ2) is 3.57. The van der Waals surface area contributed by atoms with Gasteiger partial charge in [-0.2, -0.15) is 4.39 Å². The molecule has 2 aromatic rings. The number of nitrogens with zero attached hydrogens (tertiary/aromatic N) is 4. The van der Waals surface area contributed by atoms with E-state index in [0.717, 1.165) is 12.1 Å². The summed E-state index contributed by atoms with van der Waals surface area (Å²) in [5, 5.41) is 17.5. The molecule has 0 saturated heterocycles. The number of halogens is 1. The molecule has 8 heteroatoms. The van der Waals surface area contributed by atoms with Crippen LogP contribution in [0.3, 0.4) is 0 Å². The van der Waals surface area contributed by atoms with Crippen molar-refractivity contribution in [2.75, 3.05) is 5.73 Å². The molecule has 0 saturated carbocycles. The van der Waals surface area contributed by atoms with E-state index in [1.54, 1.807) is 0 Å². The summed E-state index contributed by atoms with van der Waals surface area (Å²) in [6, 6.07) is 3.41. The Kier molecular flexibility index (Phi) is 2.24. The average Bonchev–Trinajstić information content (AvgIpc) is 2.64. The molecule has 1 heterocycles. The first-order valence-corrected chi connectivity index (χ1v) is 4.20. The maximum atomic E-state index is 13.3. The van der Waals surface area contributed by atoms with Gasteiger partial charge in [-0.05, 0) is 6.07 Å². The summed E-state index contributed by atoms with van der Waals surface area (Å²) in [6.45, 7) is 0. The minimum Gasteiger partial charge on any atom is -0.381 e. The number of nitro benzene ring substituents is 1. The van der Waals surface area contributed by atoms with E-state index in [1.165, 1.54) is 16.9 Å². The van der Waals surface area contributed by atoms with Gasteiger partial charge in [0, 0.05) is 12.1 Å². The van der Waals surface area contributed by atoms with Crippen molar-refractivity contribution in [3.05, 3.63) is 40.3 Å². The summed E-state index contributed by atoms with van der Waals surface area (Å²) in [7, 11) is 0. The number of nitro groups is 1. The predicted octanol–water partition coefficient (Wildman–Crippen LogP) is 0.897. The third-order valence-corrected chi connectivity index (χ3v) is 1.90. The predicted molar refractivity (Wildman–Crippen MR) is 52.4 cm³/mol. The molecule has 2 N–H and O–H groups in total. The standard InChI is InChI=1S/C8H6FN5O2/c9-6-3-5(1-2-7(6)14(15)16)13-4-8(10)11-12-13/h1-4H,10H2. The number of rotatable bonds is 2. The van der Waals surface area contributed by atoms with Crippen LogP contribution in [0.1, 0.15) is 0 Å². The third-order valence-electron chi connectivity index (χ3n) is 1.90. The second-order valence-corrected chi connectivity index (χ2v) is 2.98. The summed E-state index contributed by atoms with van der Waals surface area (Å²) in [6.07, 6.45) is 1.38. The number of aromatic nitrogens is 3. The van der Waals surface area contributed by atoms with E-state index in [0.29, 0.717) is 5.69 Å². The Bertz CT molecular complexity index is 553. The molecule has 1 aromatic heterocycles. The molecule has 0 fully saturated rings. The van der Waals surface area contributed by atoms with Crippen molar-refractivity contribution < 1.29 is 9.31 Å². The summed E-state index contributed by atoms with van der Waals surface area (Å²) in [4.78, 5) is 9.59. The van der Waals surface area contributed by atoms with Crippen molar-refractivity contribution in [2.24, 2.45) is 0 Å². The average molecular weight is 223 g/mol. The minimum atomic E-state index is -0.934. The number of hydrogen-bond acceptors (Lipinski definition) is 5. The number of nitrogen functional groups attached to an aromatic ring is 1. The fourth-order valence-electron chi connectivity index (χ4n) is 1.19. The summed E-state index contributed by atoms with van der Waals surface area (Å²) >= 11 is 0. The molecule has 0 radical (unpaired) electrons. The van der Waals surface area contributed by atoms with Gasteiger partial charge in [0.2, 0.25) is 5.82 Å². The number of benzene rings is 1. The van der Waals surface area contributed by atoms with Gasteiger partial charge in [0.25, 0.3) is 0 Å². The van der Waals surface area contributed by atoms with Crippen molar-refractivity contribution in [3.8, 4) is 5.69 Å². The molecule has 0 atom stereocenters. The molecule has 16 heavy (non-hydrogen) atoms. The molecule has 0 bridgehead atoms. The van der Waals surface area contributed by atoms with Gasteiger partial charge in [-0.3, -0.25) is 10.1 Å². The van der Waals surface area contributed by atoms with Crippen LogP contribution in [0.5, 0.6) is 0 Å². The molecular weight excluding hydrogens is 217 g/mol. The first-order valence-electron chi connectivity index (χ1n) is 4.20. The van der Waals surface area contributed by atoms with Crippen LogP contribution in [0.2, 0.25) is 0 Å². The molecule has 0 amide bonds. The van der Waals surface area contributed by atoms with Gasteiger partial charge in [-0.25, -0.2) is 4.68 Å². The Morgan fingerprint density at radius 3 is 2.75 bits per heavy atom. The van der Waals surface area contributed by atoms with Crippen LogP contribution in [0.4, 0.5) is 15.9 Å². The first-order chi connectivity index (χ1) is 7.58. The normalized spacial score (nSPS) is 10.3. The van der Waals surface area contributed by atoms with Gasteiger partial charge in [-0.1, -0.05) is 5.21 Å². The van der Waals surface area contributed by atoms with Crippen molar-refractivity contribution in [3.63, 3.8) is 0 Å². The lowest BCUT2D eigenvalue weighted by Gasteiger charge is -1.99. The van der Waals surface area contributed by atoms with Gasteiger partial charge in [0.1, 0.15) is 0 Å². The highest BCUT2D eigenvalue weighted by Crippen LogP contribution is 2.19. The third kappa shape index (κ3) is 1.67. The Morgan fingerprint density at radius 2 is 2.25 bits per heavy atom. The summed E-state index contributed by atoms with van der Waals surface area (Å²) < 4.78 is 14.5. The van der Waals surface area contributed by atoms with Crippen LogP contribution >= 0.6 is 0 Å². The zero-order valence-electron chi connectivity index (χ0n) is 7.87. The van der Waals surface area contributed by atoms with Gasteiger partial charge in [0.15, 0.2) is 5.82 Å². The van der Waals surface area contributed by atoms with Crippen LogP contribution in [0.15, 0.2) is 24.4 Å². The molecular formula is C8H6FN5O2. The van der Waals surface area contributed by atoms with Crippen LogP contribution in [-0.4, -0.2) is 19.9 Å². The smallest absolute Gasteiger partial charge is 0.304 e. The Labute approximate surface area is 88.4 Å². The molecule has 0 unspecified atom stereocenters. The highest BCUT2D eigenvalue weighted by Gasteiger charge is 2.14. The van der Waals surface area contributed by atoms with Crippen LogP contribution < -0.4 is 5.73 Å². The zero-order chi connectivity index (χ0) is 11.7. The summed E-state index contributed by atoms with van der Waals surface area (Å²) in [5.41, 5.74) is 5.06. The number of hydrogen-bond donors (Lipinski definition) is 1. The Morgan fingerprint density at radius 1 is 1.50 bits per heavy atom. The van der Waals surface area contributed by atoms with Crippen LogP contribution in [-0.2, 0) is 0 Å². The topological polar surface area (TPSA) is 99.9 Å². The maximum absolute atomic E-state index is 13.3. The van der Waals surface area contributed by atoms with E-state index in [4.69, 9.17) is 5.73 Å². The summed E-state index contributed by atoms with van der Waals surface area (Å²) in [5.74, 6) is -0.754. The molecule has 82 valence electrons. The van der Waals surface area contributed by atoms with Gasteiger partial charge in [0.05, 0.1) is 16.8 Å². The SMILES string of the molecule is Nc1cn(-c2ccc([N+](=O)[O-])c(F)c2)nn1. The number of anilines is 1. The van der Waals surface area contributed by atoms with Crippen molar-refractivity contribution in [1.82, 2.24) is 15.0 Å². The van der Waals surface area contributed by atoms with E-state index in [9.17, 15) is 14.5 Å². The molecule has 0 spiro atoms. The van der Waals surface area contributed by atoms with Crippen molar-refractivity contribution >= 4 is 11.5 Å². The Hall–Kier alpha value is -2.51. The lowest BCUT2D eigenvalue weighted by Crippen LogP contribution is -1.98. The van der Waals surface area contributed by atoms with Crippen molar-refractivity contribution in [1.29, 1.82) is 0 Å². The highest BCUT2D eigenvalue weighted by molar-refractivity contribution is 5.42. The quantitative estimate of drug-likeness (QED) is 0.602. The minimum absolute atomic E-state index is 0.179. The molecule has 1 aromatic carbocycles. The maximum Gasteiger partial charge on any atom is 0.304 e. The van der Waals surface area contributed by atoms with Gasteiger partial charge < -0.3 is 5.73 Å². The van der Waals surface area contributed by atoms with E-state index in [-0.39, 0.29) is 5.82 Å². The van der Waals surface area contributed by atoms with E-state index < -0.39 is 16.4 Å². The lowest BCUT2D eigenvalue weighted by molar-refractivity contribution is -0.387. The van der Waals surface area contributed by atoms with Crippen LogP contribution in [0, 0.1) is 15.9 Å². The largest absolute Gasteiger partial charge is 0.381 e. The Balaban J connectivity index is 2.45. The zero-order valence-corrected chi connectivity index (χ0v) is 7.87. The highest BCUT2D eigenvalue weighted by atomic mass is 19.1.